The van der Waals surface area contributed by atoms with E-state index in [0.717, 1.165) is 11.9 Å². The number of carbonyl (C=O) groups excluding carboxylic acids is 1. The average molecular weight is 380 g/mol. The van der Waals surface area contributed by atoms with Crippen molar-refractivity contribution >= 4 is 33.1 Å². The largest absolute Gasteiger partial charge is 0.345 e. The summed E-state index contributed by atoms with van der Waals surface area (Å²) in [4.78, 5) is 20.4. The maximum absolute atomic E-state index is 12.2. The second-order valence-corrected chi connectivity index (χ2v) is 7.84. The molecule has 3 rings (SSSR count). The van der Waals surface area contributed by atoms with Gasteiger partial charge in [-0.05, 0) is 30.7 Å². The number of fused-ring (bicyclic) bond motifs is 1. The van der Waals surface area contributed by atoms with E-state index in [2.05, 4.69) is 20.4 Å². The van der Waals surface area contributed by atoms with Gasteiger partial charge in [-0.2, -0.15) is 4.98 Å². The lowest BCUT2D eigenvalue weighted by molar-refractivity contribution is 0.0940. The number of halogens is 1. The van der Waals surface area contributed by atoms with Gasteiger partial charge in [0, 0.05) is 24.7 Å². The van der Waals surface area contributed by atoms with Gasteiger partial charge in [0.15, 0.2) is 9.84 Å². The molecular formula is C15H14ClN5O3S. The minimum Gasteiger partial charge on any atom is -0.345 e. The number of rotatable bonds is 4. The van der Waals surface area contributed by atoms with E-state index in [1.807, 2.05) is 6.92 Å². The molecule has 0 atom stereocenters. The smallest absolute Gasteiger partial charge is 0.291 e. The van der Waals surface area contributed by atoms with Crippen LogP contribution in [0.25, 0.3) is 5.78 Å². The molecule has 2 aromatic heterocycles. The van der Waals surface area contributed by atoms with Gasteiger partial charge in [0.2, 0.25) is 5.82 Å². The van der Waals surface area contributed by atoms with Gasteiger partial charge in [0.1, 0.15) is 0 Å². The summed E-state index contributed by atoms with van der Waals surface area (Å²) < 4.78 is 24.6. The third kappa shape index (κ3) is 3.62. The predicted molar refractivity (Wildman–Crippen MR) is 91.3 cm³/mol. The molecule has 0 radical (unpaired) electrons. The van der Waals surface area contributed by atoms with Crippen LogP contribution in [-0.2, 0) is 16.4 Å². The van der Waals surface area contributed by atoms with Crippen LogP contribution in [0.2, 0.25) is 5.02 Å². The van der Waals surface area contributed by atoms with Gasteiger partial charge in [0.25, 0.3) is 11.7 Å². The van der Waals surface area contributed by atoms with Gasteiger partial charge in [-0.3, -0.25) is 4.79 Å². The molecule has 8 nitrogen and oxygen atoms in total. The second-order valence-electron chi connectivity index (χ2n) is 5.45. The Morgan fingerprint density at radius 1 is 1.32 bits per heavy atom. The Bertz CT molecular complexity index is 1080. The molecule has 1 amide bonds. The Labute approximate surface area is 148 Å². The number of hydrogen-bond acceptors (Lipinski definition) is 6. The lowest BCUT2D eigenvalue weighted by atomic mass is 10.2. The van der Waals surface area contributed by atoms with Gasteiger partial charge in [-0.1, -0.05) is 17.7 Å². The molecule has 10 heteroatoms. The molecule has 0 saturated heterocycles. The maximum atomic E-state index is 12.2. The topological polar surface area (TPSA) is 106 Å². The summed E-state index contributed by atoms with van der Waals surface area (Å²) in [5.74, 6) is -0.125. The fraction of sp³-hybridized carbons (Fsp3) is 0.200. The highest BCUT2D eigenvalue weighted by Gasteiger charge is 2.15. The SMILES string of the molecule is Cc1ccnc2nc(C(=O)NCc3ccc(S(C)(=O)=O)c(Cl)c3)nn12. The summed E-state index contributed by atoms with van der Waals surface area (Å²) >= 11 is 5.99. The Balaban J connectivity index is 1.75. The van der Waals surface area contributed by atoms with Gasteiger partial charge in [-0.25, -0.2) is 17.9 Å². The van der Waals surface area contributed by atoms with Gasteiger partial charge < -0.3 is 5.32 Å². The molecule has 0 spiro atoms. The molecule has 3 aromatic rings. The zero-order valence-corrected chi connectivity index (χ0v) is 15.0. The van der Waals surface area contributed by atoms with Gasteiger partial charge in [-0.15, -0.1) is 5.10 Å². The summed E-state index contributed by atoms with van der Waals surface area (Å²) in [6, 6.07) is 6.26. The molecule has 0 aliphatic carbocycles. The minimum atomic E-state index is -3.39. The van der Waals surface area contributed by atoms with E-state index in [4.69, 9.17) is 11.6 Å². The van der Waals surface area contributed by atoms with Crippen LogP contribution in [0.5, 0.6) is 0 Å². The summed E-state index contributed by atoms with van der Waals surface area (Å²) in [7, 11) is -3.39. The number of benzene rings is 1. The van der Waals surface area contributed by atoms with Crippen molar-refractivity contribution in [1.82, 2.24) is 24.9 Å². The highest BCUT2D eigenvalue weighted by atomic mass is 35.5. The summed E-state index contributed by atoms with van der Waals surface area (Å²) in [5.41, 5.74) is 1.46. The van der Waals surface area contributed by atoms with Crippen molar-refractivity contribution in [2.45, 2.75) is 18.4 Å². The van der Waals surface area contributed by atoms with Crippen LogP contribution in [-0.4, -0.2) is 40.2 Å². The van der Waals surface area contributed by atoms with Crippen LogP contribution in [0, 0.1) is 6.92 Å². The number of amides is 1. The molecule has 0 aliphatic rings. The summed E-state index contributed by atoms with van der Waals surface area (Å²) in [5, 5.41) is 6.89. The van der Waals surface area contributed by atoms with Gasteiger partial charge in [0.05, 0.1) is 9.92 Å². The van der Waals surface area contributed by atoms with E-state index < -0.39 is 15.7 Å². The summed E-state index contributed by atoms with van der Waals surface area (Å²) in [6.45, 7) is 1.99. The fourth-order valence-corrected chi connectivity index (χ4v) is 3.57. The fourth-order valence-electron chi connectivity index (χ4n) is 2.22. The van der Waals surface area contributed by atoms with Crippen LogP contribution in [0.15, 0.2) is 35.4 Å². The molecule has 25 heavy (non-hydrogen) atoms. The number of nitrogens with zero attached hydrogens (tertiary/aromatic N) is 4. The zero-order valence-electron chi connectivity index (χ0n) is 13.4. The molecule has 0 bridgehead atoms. The minimum absolute atomic E-state index is 0.000605. The van der Waals surface area contributed by atoms with Crippen molar-refractivity contribution in [2.24, 2.45) is 0 Å². The molecule has 0 saturated carbocycles. The van der Waals surface area contributed by atoms with E-state index in [-0.39, 0.29) is 22.3 Å². The third-order valence-corrected chi connectivity index (χ3v) is 5.06. The summed E-state index contributed by atoms with van der Waals surface area (Å²) in [6.07, 6.45) is 2.67. The van der Waals surface area contributed by atoms with Crippen LogP contribution < -0.4 is 5.32 Å². The number of aromatic nitrogens is 4. The average Bonchev–Trinajstić information content (AvgIpc) is 2.97. The number of carbonyl (C=O) groups is 1. The molecule has 0 aliphatic heterocycles. The molecular weight excluding hydrogens is 366 g/mol. The highest BCUT2D eigenvalue weighted by Crippen LogP contribution is 2.22. The zero-order chi connectivity index (χ0) is 18.2. The molecule has 0 fully saturated rings. The molecule has 130 valence electrons. The van der Waals surface area contributed by atoms with Crippen molar-refractivity contribution in [2.75, 3.05) is 6.26 Å². The van der Waals surface area contributed by atoms with E-state index in [0.29, 0.717) is 11.3 Å². The van der Waals surface area contributed by atoms with Gasteiger partial charge >= 0.3 is 0 Å². The first kappa shape index (κ1) is 17.3. The Kier molecular flexibility index (Phi) is 4.44. The molecule has 0 unspecified atom stereocenters. The Morgan fingerprint density at radius 3 is 2.72 bits per heavy atom. The standard InChI is InChI=1S/C15H14ClN5O3S/c1-9-5-6-17-15-19-13(20-21(9)15)14(22)18-8-10-3-4-12(11(16)7-10)25(2,23)24/h3-7H,8H2,1-2H3,(H,18,22). The first-order valence-electron chi connectivity index (χ1n) is 7.21. The number of hydrogen-bond donors (Lipinski definition) is 1. The first-order valence-corrected chi connectivity index (χ1v) is 9.48. The molecule has 1 N–H and O–H groups in total. The third-order valence-electron chi connectivity index (χ3n) is 3.48. The first-order chi connectivity index (χ1) is 11.8. The normalized spacial score (nSPS) is 11.6. The van der Waals surface area contributed by atoms with Crippen molar-refractivity contribution in [3.05, 3.63) is 52.6 Å². The van der Waals surface area contributed by atoms with E-state index in [9.17, 15) is 13.2 Å². The van der Waals surface area contributed by atoms with Crippen LogP contribution >= 0.6 is 11.6 Å². The second kappa shape index (κ2) is 6.41. The maximum Gasteiger partial charge on any atom is 0.291 e. The van der Waals surface area contributed by atoms with E-state index >= 15 is 0 Å². The van der Waals surface area contributed by atoms with E-state index in [1.165, 1.54) is 16.6 Å². The van der Waals surface area contributed by atoms with Crippen LogP contribution in [0.4, 0.5) is 0 Å². The number of nitrogens with one attached hydrogen (secondary N) is 1. The predicted octanol–water partition coefficient (Wildman–Crippen LogP) is 1.42. The quantitative estimate of drug-likeness (QED) is 0.734. The van der Waals surface area contributed by atoms with E-state index in [1.54, 1.807) is 18.3 Å². The Morgan fingerprint density at radius 2 is 2.08 bits per heavy atom. The monoisotopic (exact) mass is 379 g/mol. The lowest BCUT2D eigenvalue weighted by Gasteiger charge is -2.06. The van der Waals surface area contributed by atoms with Crippen LogP contribution in [0.1, 0.15) is 21.9 Å². The van der Waals surface area contributed by atoms with Crippen molar-refractivity contribution in [3.8, 4) is 0 Å². The molecule has 2 heterocycles. The van der Waals surface area contributed by atoms with Crippen molar-refractivity contribution in [1.29, 1.82) is 0 Å². The van der Waals surface area contributed by atoms with Crippen molar-refractivity contribution in [3.63, 3.8) is 0 Å². The lowest BCUT2D eigenvalue weighted by Crippen LogP contribution is -2.24. The molecule has 1 aromatic carbocycles. The highest BCUT2D eigenvalue weighted by molar-refractivity contribution is 7.90. The number of sulfone groups is 1. The van der Waals surface area contributed by atoms with Crippen LogP contribution in [0.3, 0.4) is 0 Å². The van der Waals surface area contributed by atoms with Crippen molar-refractivity contribution < 1.29 is 13.2 Å². The number of aryl methyl sites for hydroxylation is 1. The Hall–Kier alpha value is -2.52.